The van der Waals surface area contributed by atoms with E-state index >= 15 is 0 Å². The maximum absolute atomic E-state index is 11.9. The van der Waals surface area contributed by atoms with Gasteiger partial charge in [-0.3, -0.25) is 9.78 Å². The van der Waals surface area contributed by atoms with Crippen LogP contribution in [0, 0.1) is 0 Å². The smallest absolute Gasteiger partial charge is 0.221 e. The summed E-state index contributed by atoms with van der Waals surface area (Å²) in [5.41, 5.74) is 4.35. The van der Waals surface area contributed by atoms with Crippen LogP contribution in [0.2, 0.25) is 0 Å². The van der Waals surface area contributed by atoms with Crippen molar-refractivity contribution in [1.29, 1.82) is 0 Å². The minimum Gasteiger partial charge on any atom is -0.495 e. The predicted octanol–water partition coefficient (Wildman–Crippen LogP) is 5.78. The molecule has 0 bridgehead atoms. The molecule has 2 aromatic carbocycles. The number of carbonyl (C=O) groups excluding carboxylic acids is 1. The Morgan fingerprint density at radius 3 is 2.56 bits per heavy atom. The zero-order valence-electron chi connectivity index (χ0n) is 19.7. The summed E-state index contributed by atoms with van der Waals surface area (Å²) in [6.07, 6.45) is 3.83. The van der Waals surface area contributed by atoms with Gasteiger partial charge in [-0.2, -0.15) is 0 Å². The second-order valence-corrected chi connectivity index (χ2v) is 9.64. The molecule has 4 aromatic rings. The Labute approximate surface area is 223 Å². The zero-order chi connectivity index (χ0) is 25.2. The molecule has 2 N–H and O–H groups in total. The summed E-state index contributed by atoms with van der Waals surface area (Å²) in [6, 6.07) is 23.4. The number of halogens is 1. The van der Waals surface area contributed by atoms with Gasteiger partial charge in [0.05, 0.1) is 24.5 Å². The lowest BCUT2D eigenvalue weighted by Gasteiger charge is -2.29. The Kier molecular flexibility index (Phi) is 6.75. The molecule has 9 heteroatoms. The van der Waals surface area contributed by atoms with Gasteiger partial charge in [-0.25, -0.2) is 0 Å². The molecule has 3 heterocycles. The van der Waals surface area contributed by atoms with E-state index in [9.17, 15) is 4.79 Å². The first-order valence-electron chi connectivity index (χ1n) is 11.4. The molecule has 0 aliphatic carbocycles. The van der Waals surface area contributed by atoms with Gasteiger partial charge in [0.25, 0.3) is 0 Å². The quantitative estimate of drug-likeness (QED) is 0.291. The van der Waals surface area contributed by atoms with Crippen molar-refractivity contribution in [3.05, 3.63) is 101 Å². The van der Waals surface area contributed by atoms with E-state index in [1.54, 1.807) is 13.3 Å². The summed E-state index contributed by atoms with van der Waals surface area (Å²) in [6.45, 7) is 1.47. The van der Waals surface area contributed by atoms with Crippen LogP contribution in [0.3, 0.4) is 0 Å². The van der Waals surface area contributed by atoms with Gasteiger partial charge >= 0.3 is 0 Å². The van der Waals surface area contributed by atoms with Crippen LogP contribution in [0.15, 0.2) is 89.7 Å². The lowest BCUT2D eigenvalue weighted by molar-refractivity contribution is -0.114. The van der Waals surface area contributed by atoms with E-state index in [1.165, 1.54) is 6.92 Å². The third kappa shape index (κ3) is 4.59. The van der Waals surface area contributed by atoms with Crippen molar-refractivity contribution in [2.24, 2.45) is 0 Å². The third-order valence-electron chi connectivity index (χ3n) is 6.06. The summed E-state index contributed by atoms with van der Waals surface area (Å²) < 4.78 is 8.64. The van der Waals surface area contributed by atoms with Crippen LogP contribution >= 0.6 is 28.1 Å². The first kappa shape index (κ1) is 24.0. The number of benzene rings is 2. The van der Waals surface area contributed by atoms with E-state index in [-0.39, 0.29) is 18.0 Å². The number of hydrogen-bond donors (Lipinski definition) is 2. The molecular formula is C27H24BrN5O2S. The van der Waals surface area contributed by atoms with Gasteiger partial charge in [0, 0.05) is 40.9 Å². The highest BCUT2D eigenvalue weighted by molar-refractivity contribution is 9.10. The molecule has 0 unspecified atom stereocenters. The highest BCUT2D eigenvalue weighted by atomic mass is 79.9. The first-order valence-corrected chi connectivity index (χ1v) is 12.6. The van der Waals surface area contributed by atoms with Crippen molar-refractivity contribution < 1.29 is 9.53 Å². The Morgan fingerprint density at radius 2 is 1.86 bits per heavy atom. The summed E-state index contributed by atoms with van der Waals surface area (Å²) in [4.78, 5) is 18.6. The number of amides is 1. The second kappa shape index (κ2) is 10.1. The number of pyridine rings is 1. The van der Waals surface area contributed by atoms with Crippen molar-refractivity contribution >= 4 is 50.5 Å². The van der Waals surface area contributed by atoms with Crippen LogP contribution in [0.4, 0.5) is 11.4 Å². The topological polar surface area (TPSA) is 71.4 Å². The number of rotatable bonds is 6. The van der Waals surface area contributed by atoms with E-state index in [0.29, 0.717) is 16.5 Å². The van der Waals surface area contributed by atoms with Gasteiger partial charge in [-0.15, -0.1) is 0 Å². The normalized spacial score (nSPS) is 17.1. The summed E-state index contributed by atoms with van der Waals surface area (Å²) in [7, 11) is 1.58. The minimum absolute atomic E-state index is 0.181. The number of anilines is 2. The fourth-order valence-corrected chi connectivity index (χ4v) is 5.15. The molecule has 1 aliphatic heterocycles. The van der Waals surface area contributed by atoms with E-state index in [0.717, 1.165) is 27.2 Å². The molecule has 1 saturated heterocycles. The molecule has 1 aliphatic rings. The van der Waals surface area contributed by atoms with Crippen LogP contribution in [0.25, 0.3) is 5.69 Å². The molecule has 0 radical (unpaired) electrons. The number of nitrogens with one attached hydrogen (secondary N) is 2. The number of aromatic nitrogens is 2. The van der Waals surface area contributed by atoms with Crippen molar-refractivity contribution in [3.8, 4) is 11.4 Å². The first-order chi connectivity index (χ1) is 17.5. The van der Waals surface area contributed by atoms with Crippen molar-refractivity contribution in [3.63, 3.8) is 0 Å². The molecule has 1 fully saturated rings. The highest BCUT2D eigenvalue weighted by Gasteiger charge is 2.42. The maximum Gasteiger partial charge on any atom is 0.221 e. The fraction of sp³-hybridized carbons (Fsp3) is 0.148. The lowest BCUT2D eigenvalue weighted by atomic mass is 10.0. The summed E-state index contributed by atoms with van der Waals surface area (Å²) in [5, 5.41) is 6.92. The van der Waals surface area contributed by atoms with Gasteiger partial charge in [0.1, 0.15) is 11.8 Å². The molecule has 5 rings (SSSR count). The standard InChI is InChI=1S/C27H24BrN5O2S/c1-17(34)30-22-16-20(12-13-24(22)35-2)33-26(25(31-27(33)36)21-6-3-4-14-29-21)23-7-5-15-32(23)19-10-8-18(28)9-11-19/h3-16,25-26H,1-2H3,(H,30,34)(H,31,36)/t25-,26+/m1/s1. The molecule has 2 aromatic heterocycles. The number of thiocarbonyl (C=S) groups is 1. The SMILES string of the molecule is COc1ccc(N2C(=S)N[C@H](c3ccccn3)[C@@H]2c2cccn2-c2ccc(Br)cc2)cc1NC(C)=O. The average molecular weight is 562 g/mol. The number of carbonyl (C=O) groups is 1. The largest absolute Gasteiger partial charge is 0.495 e. The number of methoxy groups -OCH3 is 1. The lowest BCUT2D eigenvalue weighted by Crippen LogP contribution is -2.30. The molecule has 7 nitrogen and oxygen atoms in total. The minimum atomic E-state index is -0.218. The monoisotopic (exact) mass is 561 g/mol. The Hall–Kier alpha value is -3.69. The third-order valence-corrected chi connectivity index (χ3v) is 6.90. The van der Waals surface area contributed by atoms with Gasteiger partial charge < -0.3 is 24.8 Å². The summed E-state index contributed by atoms with van der Waals surface area (Å²) >= 11 is 9.40. The van der Waals surface area contributed by atoms with Gasteiger partial charge in [0.2, 0.25) is 5.91 Å². The molecule has 2 atom stereocenters. The van der Waals surface area contributed by atoms with E-state index in [4.69, 9.17) is 17.0 Å². The zero-order valence-corrected chi connectivity index (χ0v) is 22.1. The summed E-state index contributed by atoms with van der Waals surface area (Å²) in [5.74, 6) is 0.391. The Balaban J connectivity index is 1.66. The average Bonchev–Trinajstić information content (AvgIpc) is 3.49. The molecule has 182 valence electrons. The molecule has 0 spiro atoms. The maximum atomic E-state index is 11.9. The van der Waals surface area contributed by atoms with Crippen LogP contribution in [-0.2, 0) is 4.79 Å². The molecular weight excluding hydrogens is 538 g/mol. The van der Waals surface area contributed by atoms with E-state index < -0.39 is 0 Å². The number of ether oxygens (including phenoxy) is 1. The Morgan fingerprint density at radius 1 is 1.08 bits per heavy atom. The van der Waals surface area contributed by atoms with Crippen molar-refractivity contribution in [2.75, 3.05) is 17.3 Å². The highest BCUT2D eigenvalue weighted by Crippen LogP contribution is 2.43. The van der Waals surface area contributed by atoms with Crippen molar-refractivity contribution in [1.82, 2.24) is 14.9 Å². The van der Waals surface area contributed by atoms with Gasteiger partial charge in [-0.1, -0.05) is 22.0 Å². The van der Waals surface area contributed by atoms with Gasteiger partial charge in [0.15, 0.2) is 5.11 Å². The van der Waals surface area contributed by atoms with Gasteiger partial charge in [-0.05, 0) is 78.9 Å². The molecule has 1 amide bonds. The second-order valence-electron chi connectivity index (χ2n) is 8.34. The predicted molar refractivity (Wildman–Crippen MR) is 149 cm³/mol. The van der Waals surface area contributed by atoms with E-state index in [1.807, 2.05) is 60.8 Å². The van der Waals surface area contributed by atoms with Crippen molar-refractivity contribution in [2.45, 2.75) is 19.0 Å². The molecule has 36 heavy (non-hydrogen) atoms. The fourth-order valence-electron chi connectivity index (χ4n) is 4.54. The van der Waals surface area contributed by atoms with Crippen LogP contribution in [-0.4, -0.2) is 27.7 Å². The van der Waals surface area contributed by atoms with Crippen LogP contribution in [0.1, 0.15) is 30.4 Å². The number of nitrogens with zero attached hydrogens (tertiary/aromatic N) is 3. The Bertz CT molecular complexity index is 1410. The van der Waals surface area contributed by atoms with Crippen LogP contribution < -0.4 is 20.3 Å². The van der Waals surface area contributed by atoms with E-state index in [2.05, 4.69) is 59.2 Å². The number of hydrogen-bond acceptors (Lipinski definition) is 4. The van der Waals surface area contributed by atoms with Crippen LogP contribution in [0.5, 0.6) is 5.75 Å². The molecule has 0 saturated carbocycles.